The molecule has 0 saturated carbocycles. The minimum absolute atomic E-state index is 0.000715. The summed E-state index contributed by atoms with van der Waals surface area (Å²) in [6.07, 6.45) is 8.94. The number of likely N-dealkylation sites (tertiary alicyclic amines) is 1. The number of anilines is 1. The number of hydrogen-bond acceptors (Lipinski definition) is 6. The molecule has 3 aliphatic heterocycles. The second kappa shape index (κ2) is 13.7. The summed E-state index contributed by atoms with van der Waals surface area (Å²) in [5.74, 6) is -0.551. The Labute approximate surface area is 255 Å². The zero-order valence-corrected chi connectivity index (χ0v) is 26.2. The number of methoxy groups -OCH3 is 1. The molecule has 1 aromatic rings. The number of amides is 3. The van der Waals surface area contributed by atoms with Gasteiger partial charge in [0.25, 0.3) is 5.91 Å². The zero-order chi connectivity index (χ0) is 30.5. The van der Waals surface area contributed by atoms with Crippen molar-refractivity contribution in [3.63, 3.8) is 0 Å². The number of thioether (sulfide) groups is 1. The lowest BCUT2D eigenvalue weighted by Gasteiger charge is -2.38. The molecule has 3 heterocycles. The first-order valence-corrected chi connectivity index (χ1v) is 16.1. The maximum Gasteiger partial charge on any atom is 0.251 e. The monoisotopic (exact) mass is 597 g/mol. The van der Waals surface area contributed by atoms with Gasteiger partial charge < -0.3 is 24.5 Å². The Kier molecular flexibility index (Phi) is 10.5. The van der Waals surface area contributed by atoms with Gasteiger partial charge in [0, 0.05) is 43.2 Å². The number of rotatable bonds is 16. The number of carbonyl (C=O) groups is 3. The maximum absolute atomic E-state index is 14.7. The lowest BCUT2D eigenvalue weighted by Crippen LogP contribution is -2.55. The van der Waals surface area contributed by atoms with Crippen molar-refractivity contribution < 1.29 is 24.2 Å². The van der Waals surface area contributed by atoms with Crippen LogP contribution in [0, 0.1) is 11.8 Å². The van der Waals surface area contributed by atoms with Crippen LogP contribution in [-0.4, -0.2) is 88.1 Å². The van der Waals surface area contributed by atoms with Gasteiger partial charge in [-0.3, -0.25) is 14.4 Å². The zero-order valence-electron chi connectivity index (χ0n) is 25.4. The number of benzene rings is 1. The summed E-state index contributed by atoms with van der Waals surface area (Å²) in [5.41, 5.74) is 0.715. The summed E-state index contributed by atoms with van der Waals surface area (Å²) in [6.45, 7) is 13.9. The topological polar surface area (TPSA) is 90.4 Å². The van der Waals surface area contributed by atoms with Gasteiger partial charge in [0.05, 0.1) is 23.7 Å². The van der Waals surface area contributed by atoms with Gasteiger partial charge in [-0.2, -0.15) is 0 Å². The first kappa shape index (κ1) is 32.1. The van der Waals surface area contributed by atoms with E-state index in [1.165, 1.54) is 0 Å². The van der Waals surface area contributed by atoms with E-state index in [2.05, 4.69) is 20.1 Å². The number of aliphatic hydroxyl groups excluding tert-OH is 1. The summed E-state index contributed by atoms with van der Waals surface area (Å²) in [4.78, 5) is 48.7. The highest BCUT2D eigenvalue weighted by molar-refractivity contribution is 8.02. The minimum Gasteiger partial charge on any atom is -0.497 e. The summed E-state index contributed by atoms with van der Waals surface area (Å²) in [7, 11) is 1.60. The average Bonchev–Trinajstić information content (AvgIpc) is 3.55. The fourth-order valence-corrected chi connectivity index (χ4v) is 9.69. The van der Waals surface area contributed by atoms with Gasteiger partial charge >= 0.3 is 0 Å². The van der Waals surface area contributed by atoms with E-state index < -0.39 is 27.4 Å². The van der Waals surface area contributed by atoms with E-state index in [-0.39, 0.29) is 24.3 Å². The number of unbranched alkanes of at least 4 members (excludes halogenated alkanes) is 3. The Morgan fingerprint density at radius 1 is 1.10 bits per heavy atom. The summed E-state index contributed by atoms with van der Waals surface area (Å²) in [5, 5.41) is 9.22. The molecule has 0 aromatic heterocycles. The predicted molar refractivity (Wildman–Crippen MR) is 169 cm³/mol. The van der Waals surface area contributed by atoms with Gasteiger partial charge in [-0.15, -0.1) is 24.9 Å². The first-order chi connectivity index (χ1) is 20.2. The largest absolute Gasteiger partial charge is 0.497 e. The van der Waals surface area contributed by atoms with Gasteiger partial charge in [0.2, 0.25) is 11.8 Å². The molecule has 0 radical (unpaired) electrons. The molecule has 1 spiro atoms. The van der Waals surface area contributed by atoms with Crippen LogP contribution in [0.5, 0.6) is 5.75 Å². The van der Waals surface area contributed by atoms with Crippen LogP contribution in [0.1, 0.15) is 58.8 Å². The fraction of sp³-hybridized carbons (Fsp3) is 0.606. The highest BCUT2D eigenvalue weighted by Gasteiger charge is 2.77. The van der Waals surface area contributed by atoms with Crippen LogP contribution in [0.15, 0.2) is 49.6 Å². The van der Waals surface area contributed by atoms with E-state index in [0.29, 0.717) is 44.0 Å². The van der Waals surface area contributed by atoms with Crippen LogP contribution < -0.4 is 9.64 Å². The Balaban J connectivity index is 1.74. The van der Waals surface area contributed by atoms with Crippen molar-refractivity contribution in [2.75, 3.05) is 44.8 Å². The van der Waals surface area contributed by atoms with E-state index in [0.717, 1.165) is 38.5 Å². The van der Waals surface area contributed by atoms with Crippen LogP contribution >= 0.6 is 11.8 Å². The highest BCUT2D eigenvalue weighted by Crippen LogP contribution is 2.71. The number of aliphatic hydroxyl groups is 1. The number of ether oxygens (including phenoxy) is 1. The molecule has 3 amide bonds. The lowest BCUT2D eigenvalue weighted by atomic mass is 9.66. The Bertz CT molecular complexity index is 1160. The molecule has 1 N–H and O–H groups in total. The van der Waals surface area contributed by atoms with Crippen LogP contribution in [0.4, 0.5) is 5.69 Å². The van der Waals surface area contributed by atoms with E-state index >= 15 is 0 Å². The summed E-state index contributed by atoms with van der Waals surface area (Å²) < 4.78 is 4.24. The highest BCUT2D eigenvalue weighted by atomic mass is 32.2. The normalized spacial score (nSPS) is 27.6. The third-order valence-electron chi connectivity index (χ3n) is 9.20. The second-order valence-corrected chi connectivity index (χ2v) is 13.8. The molecule has 42 heavy (non-hydrogen) atoms. The number of nitrogens with zero attached hydrogens (tertiary/aromatic N) is 3. The SMILES string of the molecule is C=CCN(CCC)C(=O)[C@@H]1[C@H]2C(=O)N(CCCCCCO)C(C(=O)N(CC=C)c3ccc(OC)cc3)C23CC[C@@]1(C)S3. The van der Waals surface area contributed by atoms with Gasteiger partial charge in [-0.05, 0) is 63.3 Å². The molecule has 230 valence electrons. The van der Waals surface area contributed by atoms with E-state index in [1.54, 1.807) is 40.8 Å². The Morgan fingerprint density at radius 3 is 2.40 bits per heavy atom. The fourth-order valence-electron chi connectivity index (χ4n) is 7.34. The molecule has 3 saturated heterocycles. The smallest absolute Gasteiger partial charge is 0.251 e. The van der Waals surface area contributed by atoms with Crippen LogP contribution in [0.2, 0.25) is 0 Å². The summed E-state index contributed by atoms with van der Waals surface area (Å²) in [6, 6.07) is 6.68. The van der Waals surface area contributed by atoms with Crippen molar-refractivity contribution in [1.82, 2.24) is 9.80 Å². The van der Waals surface area contributed by atoms with E-state index in [9.17, 15) is 19.5 Å². The van der Waals surface area contributed by atoms with Crippen LogP contribution in [0.25, 0.3) is 0 Å². The molecule has 2 bridgehead atoms. The quantitative estimate of drug-likeness (QED) is 0.220. The molecule has 3 aliphatic rings. The molecule has 5 atom stereocenters. The molecule has 4 rings (SSSR count). The maximum atomic E-state index is 14.7. The standard InChI is InChI=1S/C33H47N3O5S/c1-6-19-34(20-7-2)29(38)26-27-30(39)36(22-11-9-10-12-23-37)28(33(27)18-17-32(26,4)42-33)31(40)35(21-8-3)24-13-15-25(41-5)16-14-24/h6,8,13-16,26-28,37H,1,3,7,9-12,17-23H2,2,4-5H3/t26-,27-,28?,32+,33?/m0/s1. The van der Waals surface area contributed by atoms with E-state index in [4.69, 9.17) is 4.74 Å². The van der Waals surface area contributed by atoms with Crippen molar-refractivity contribution >= 4 is 35.2 Å². The third kappa shape index (κ3) is 5.74. The molecule has 0 aliphatic carbocycles. The number of hydrogen-bond donors (Lipinski definition) is 1. The molecule has 9 heteroatoms. The van der Waals surface area contributed by atoms with Gasteiger partial charge in [0.1, 0.15) is 11.8 Å². The second-order valence-electron chi connectivity index (χ2n) is 11.9. The number of fused-ring (bicyclic) bond motifs is 1. The van der Waals surface area contributed by atoms with Crippen LogP contribution in [0.3, 0.4) is 0 Å². The van der Waals surface area contributed by atoms with Gasteiger partial charge in [0.15, 0.2) is 0 Å². The molecular weight excluding hydrogens is 550 g/mol. The number of carbonyl (C=O) groups excluding carboxylic acids is 3. The predicted octanol–water partition coefficient (Wildman–Crippen LogP) is 4.67. The molecule has 2 unspecified atom stereocenters. The van der Waals surface area contributed by atoms with Crippen molar-refractivity contribution in [2.24, 2.45) is 11.8 Å². The average molecular weight is 598 g/mol. The molecule has 1 aromatic carbocycles. The van der Waals surface area contributed by atoms with Gasteiger partial charge in [-0.1, -0.05) is 31.9 Å². The van der Waals surface area contributed by atoms with E-state index in [1.807, 2.05) is 36.1 Å². The van der Waals surface area contributed by atoms with Crippen molar-refractivity contribution in [2.45, 2.75) is 74.3 Å². The lowest BCUT2D eigenvalue weighted by molar-refractivity contribution is -0.145. The molecule has 3 fully saturated rings. The molecule has 8 nitrogen and oxygen atoms in total. The van der Waals surface area contributed by atoms with Crippen molar-refractivity contribution in [3.05, 3.63) is 49.6 Å². The first-order valence-electron chi connectivity index (χ1n) is 15.3. The van der Waals surface area contributed by atoms with Crippen molar-refractivity contribution in [1.29, 1.82) is 0 Å². The Morgan fingerprint density at radius 2 is 1.79 bits per heavy atom. The molecular formula is C33H47N3O5S. The Hall–Kier alpha value is -2.78. The van der Waals surface area contributed by atoms with Gasteiger partial charge in [-0.25, -0.2) is 0 Å². The minimum atomic E-state index is -0.682. The summed E-state index contributed by atoms with van der Waals surface area (Å²) >= 11 is 1.71. The van der Waals surface area contributed by atoms with Crippen LogP contribution in [-0.2, 0) is 14.4 Å². The van der Waals surface area contributed by atoms with Crippen molar-refractivity contribution in [3.8, 4) is 5.75 Å². The third-order valence-corrected chi connectivity index (χ3v) is 11.2.